The Kier molecular flexibility index (Phi) is 4.02. The van der Waals surface area contributed by atoms with Crippen LogP contribution in [0.5, 0.6) is 0 Å². The van der Waals surface area contributed by atoms with Crippen LogP contribution >= 0.6 is 0 Å². The fourth-order valence-electron chi connectivity index (χ4n) is 6.24. The highest BCUT2D eigenvalue weighted by Gasteiger charge is 2.44. The molecule has 26 heavy (non-hydrogen) atoms. The number of carbonyl (C=O) groups excluding carboxylic acids is 2. The molecule has 0 aliphatic heterocycles. The topological polar surface area (TPSA) is 58.2 Å². The van der Waals surface area contributed by atoms with Gasteiger partial charge in [-0.3, -0.25) is 9.59 Å². The summed E-state index contributed by atoms with van der Waals surface area (Å²) in [6, 6.07) is 7.62. The van der Waals surface area contributed by atoms with Gasteiger partial charge in [-0.1, -0.05) is 12.8 Å². The Morgan fingerprint density at radius 1 is 0.654 bits per heavy atom. The van der Waals surface area contributed by atoms with Crippen LogP contribution in [0.25, 0.3) is 0 Å². The van der Waals surface area contributed by atoms with E-state index in [1.807, 2.05) is 24.3 Å². The lowest BCUT2D eigenvalue weighted by Gasteiger charge is -2.21. The zero-order valence-electron chi connectivity index (χ0n) is 15.2. The van der Waals surface area contributed by atoms with Gasteiger partial charge >= 0.3 is 0 Å². The van der Waals surface area contributed by atoms with E-state index < -0.39 is 0 Å². The van der Waals surface area contributed by atoms with Crippen LogP contribution in [0.4, 0.5) is 11.4 Å². The van der Waals surface area contributed by atoms with Crippen molar-refractivity contribution in [3.63, 3.8) is 0 Å². The molecule has 0 saturated heterocycles. The van der Waals surface area contributed by atoms with Crippen LogP contribution in [-0.2, 0) is 9.59 Å². The lowest BCUT2D eigenvalue weighted by atomic mass is 9.88. The molecule has 0 aromatic heterocycles. The number of hydrogen-bond acceptors (Lipinski definition) is 2. The average Bonchev–Trinajstić information content (AvgIpc) is 3.43. The molecule has 0 spiro atoms. The van der Waals surface area contributed by atoms with E-state index in [2.05, 4.69) is 10.6 Å². The van der Waals surface area contributed by atoms with Crippen LogP contribution in [0.15, 0.2) is 24.3 Å². The Hall–Kier alpha value is -1.84. The fraction of sp³-hybridized carbons (Fsp3) is 0.636. The summed E-state index contributed by atoms with van der Waals surface area (Å²) in [7, 11) is 0. The highest BCUT2D eigenvalue weighted by molar-refractivity contribution is 5.95. The molecule has 2 N–H and O–H groups in total. The summed E-state index contributed by atoms with van der Waals surface area (Å²) >= 11 is 0. The van der Waals surface area contributed by atoms with Gasteiger partial charge in [0.15, 0.2) is 0 Å². The van der Waals surface area contributed by atoms with Crippen LogP contribution in [-0.4, -0.2) is 11.8 Å². The van der Waals surface area contributed by atoms with Crippen molar-refractivity contribution in [2.24, 2.45) is 35.5 Å². The summed E-state index contributed by atoms with van der Waals surface area (Å²) in [5, 5.41) is 6.15. The van der Waals surface area contributed by atoms with Gasteiger partial charge in [0.1, 0.15) is 0 Å². The van der Waals surface area contributed by atoms with Crippen molar-refractivity contribution in [1.29, 1.82) is 0 Å². The Bertz CT molecular complexity index is 652. The maximum absolute atomic E-state index is 12.5. The van der Waals surface area contributed by atoms with E-state index in [9.17, 15) is 9.59 Å². The van der Waals surface area contributed by atoms with Gasteiger partial charge in [-0.2, -0.15) is 0 Å². The van der Waals surface area contributed by atoms with Crippen LogP contribution < -0.4 is 10.6 Å². The number of hydrogen-bond donors (Lipinski definition) is 2. The lowest BCUT2D eigenvalue weighted by Crippen LogP contribution is -2.27. The molecule has 2 amide bonds. The predicted octanol–water partition coefficient (Wildman–Crippen LogP) is 4.44. The number of rotatable bonds is 4. The van der Waals surface area contributed by atoms with Gasteiger partial charge in [0.05, 0.1) is 0 Å². The van der Waals surface area contributed by atoms with E-state index in [0.717, 1.165) is 36.1 Å². The summed E-state index contributed by atoms with van der Waals surface area (Å²) in [6.45, 7) is 0. The molecule has 4 heteroatoms. The molecule has 4 aliphatic carbocycles. The van der Waals surface area contributed by atoms with Gasteiger partial charge in [0.2, 0.25) is 11.8 Å². The Morgan fingerprint density at radius 2 is 1.08 bits per heavy atom. The highest BCUT2D eigenvalue weighted by atomic mass is 16.2. The van der Waals surface area contributed by atoms with Crippen molar-refractivity contribution in [2.75, 3.05) is 10.6 Å². The van der Waals surface area contributed by atoms with Crippen molar-refractivity contribution in [3.8, 4) is 0 Å². The smallest absolute Gasteiger partial charge is 0.227 e. The average molecular weight is 352 g/mol. The molecule has 4 fully saturated rings. The standard InChI is InChI=1S/C22H28N2O2/c25-21(19-11-13-1-3-15(19)9-13)23-17-5-7-18(8-6-17)24-22(26)20-12-14-2-4-16(20)10-14/h5-8,13-16,19-20H,1-4,9-12H2,(H,23,25)(H,24,26)/t13-,14+,15-,16-,19-,20+/m1/s1. The summed E-state index contributed by atoms with van der Waals surface area (Å²) in [5.41, 5.74) is 1.66. The van der Waals surface area contributed by atoms with E-state index in [4.69, 9.17) is 0 Å². The van der Waals surface area contributed by atoms with E-state index in [1.54, 1.807) is 0 Å². The normalized spacial score (nSPS) is 37.1. The van der Waals surface area contributed by atoms with Crippen molar-refractivity contribution in [2.45, 2.75) is 51.4 Å². The molecular weight excluding hydrogens is 324 g/mol. The molecule has 1 aromatic carbocycles. The third-order valence-electron chi connectivity index (χ3n) is 7.57. The van der Waals surface area contributed by atoms with Crippen molar-refractivity contribution in [1.82, 2.24) is 0 Å². The first-order valence-electron chi connectivity index (χ1n) is 10.4. The molecule has 4 aliphatic rings. The number of carbonyl (C=O) groups is 2. The molecule has 4 bridgehead atoms. The largest absolute Gasteiger partial charge is 0.326 e. The number of amides is 2. The predicted molar refractivity (Wildman–Crippen MR) is 102 cm³/mol. The first-order valence-corrected chi connectivity index (χ1v) is 10.4. The third-order valence-corrected chi connectivity index (χ3v) is 7.57. The lowest BCUT2D eigenvalue weighted by molar-refractivity contribution is -0.122. The van der Waals surface area contributed by atoms with Crippen molar-refractivity contribution in [3.05, 3.63) is 24.3 Å². The maximum Gasteiger partial charge on any atom is 0.227 e. The van der Waals surface area contributed by atoms with E-state index in [-0.39, 0.29) is 23.7 Å². The molecule has 0 heterocycles. The zero-order chi connectivity index (χ0) is 17.7. The molecule has 138 valence electrons. The summed E-state index contributed by atoms with van der Waals surface area (Å²) in [4.78, 5) is 25.1. The first-order chi connectivity index (χ1) is 12.7. The van der Waals surface area contributed by atoms with Gasteiger partial charge < -0.3 is 10.6 Å². The molecule has 0 radical (unpaired) electrons. The first kappa shape index (κ1) is 16.3. The van der Waals surface area contributed by atoms with Crippen LogP contribution in [0.3, 0.4) is 0 Å². The molecule has 0 unspecified atom stereocenters. The molecule has 1 aromatic rings. The van der Waals surface area contributed by atoms with Gasteiger partial charge in [-0.05, 0) is 86.5 Å². The zero-order valence-corrected chi connectivity index (χ0v) is 15.2. The molecule has 4 nitrogen and oxygen atoms in total. The quantitative estimate of drug-likeness (QED) is 0.842. The Labute approximate surface area is 155 Å². The SMILES string of the molecule is O=C(Nc1ccc(NC(=O)[C@@H]2C[C@@H]3CC[C@@H]2C3)cc1)[C@H]1C[C@H]2CC[C@@H]1C2. The van der Waals surface area contributed by atoms with Crippen LogP contribution in [0.2, 0.25) is 0 Å². The van der Waals surface area contributed by atoms with Gasteiger partial charge in [0, 0.05) is 23.2 Å². The van der Waals surface area contributed by atoms with Crippen molar-refractivity contribution < 1.29 is 9.59 Å². The Balaban J connectivity index is 1.17. The van der Waals surface area contributed by atoms with E-state index in [0.29, 0.717) is 11.8 Å². The maximum atomic E-state index is 12.5. The monoisotopic (exact) mass is 352 g/mol. The van der Waals surface area contributed by atoms with Crippen molar-refractivity contribution >= 4 is 23.2 Å². The minimum atomic E-state index is 0.177. The van der Waals surface area contributed by atoms with E-state index >= 15 is 0 Å². The second kappa shape index (κ2) is 6.40. The summed E-state index contributed by atoms with van der Waals surface area (Å²) < 4.78 is 0. The second-order valence-corrected chi connectivity index (χ2v) is 9.12. The van der Waals surface area contributed by atoms with Gasteiger partial charge in [0.25, 0.3) is 0 Å². The highest BCUT2D eigenvalue weighted by Crippen LogP contribution is 2.49. The summed E-state index contributed by atoms with van der Waals surface area (Å²) in [5.74, 6) is 3.50. The fourth-order valence-corrected chi connectivity index (χ4v) is 6.24. The van der Waals surface area contributed by atoms with Crippen LogP contribution in [0, 0.1) is 35.5 Å². The molecular formula is C22H28N2O2. The minimum Gasteiger partial charge on any atom is -0.326 e. The number of nitrogens with one attached hydrogen (secondary N) is 2. The Morgan fingerprint density at radius 3 is 1.38 bits per heavy atom. The van der Waals surface area contributed by atoms with Crippen LogP contribution in [0.1, 0.15) is 51.4 Å². The third kappa shape index (κ3) is 2.93. The van der Waals surface area contributed by atoms with E-state index in [1.165, 1.54) is 38.5 Å². The molecule has 5 rings (SSSR count). The molecule has 6 atom stereocenters. The molecule has 4 saturated carbocycles. The number of anilines is 2. The number of benzene rings is 1. The summed E-state index contributed by atoms with van der Waals surface area (Å²) in [6.07, 6.45) is 9.67. The van der Waals surface area contributed by atoms with Gasteiger partial charge in [-0.25, -0.2) is 0 Å². The number of fused-ring (bicyclic) bond motifs is 4. The van der Waals surface area contributed by atoms with Gasteiger partial charge in [-0.15, -0.1) is 0 Å². The second-order valence-electron chi connectivity index (χ2n) is 9.12. The minimum absolute atomic E-state index is 0.177.